The minimum Gasteiger partial charge on any atom is -0.493 e. The Bertz CT molecular complexity index is 1350. The number of hydrazone groups is 1. The van der Waals surface area contributed by atoms with E-state index in [0.717, 1.165) is 54.1 Å². The summed E-state index contributed by atoms with van der Waals surface area (Å²) in [5.74, 6) is 1.43. The number of aryl methyl sites for hydroxylation is 1. The number of benzene rings is 3. The predicted molar refractivity (Wildman–Crippen MR) is 154 cm³/mol. The summed E-state index contributed by atoms with van der Waals surface area (Å²) in [6, 6.07) is 19.9. The van der Waals surface area contributed by atoms with Gasteiger partial charge in [-0.15, -0.1) is 5.10 Å². The van der Waals surface area contributed by atoms with Crippen LogP contribution >= 0.6 is 11.6 Å². The Morgan fingerprint density at radius 1 is 0.895 bits per heavy atom. The van der Waals surface area contributed by atoms with Crippen molar-refractivity contribution in [3.63, 3.8) is 0 Å². The van der Waals surface area contributed by atoms with Crippen molar-refractivity contribution in [3.8, 4) is 11.5 Å². The quantitative estimate of drug-likeness (QED) is 0.342. The van der Waals surface area contributed by atoms with Gasteiger partial charge in [0.2, 0.25) is 0 Å². The van der Waals surface area contributed by atoms with Crippen molar-refractivity contribution in [2.45, 2.75) is 39.3 Å². The number of hydrogen-bond donors (Lipinski definition) is 0. The molecule has 0 amide bonds. The monoisotopic (exact) mass is 532 g/mol. The lowest BCUT2D eigenvalue weighted by molar-refractivity contribution is -0.111. The van der Waals surface area contributed by atoms with Gasteiger partial charge < -0.3 is 14.4 Å². The van der Waals surface area contributed by atoms with Crippen molar-refractivity contribution >= 4 is 40.3 Å². The molecule has 5 rings (SSSR count). The van der Waals surface area contributed by atoms with Crippen LogP contribution in [0.15, 0.2) is 65.8 Å². The summed E-state index contributed by atoms with van der Waals surface area (Å²) in [6.07, 6.45) is 3.13. The maximum atomic E-state index is 13.0. The Balaban J connectivity index is 1.63. The number of amidine groups is 1. The maximum absolute atomic E-state index is 13.0. The maximum Gasteiger partial charge on any atom is 0.198 e. The molecule has 2 aliphatic rings. The first-order valence-corrected chi connectivity index (χ1v) is 13.3. The summed E-state index contributed by atoms with van der Waals surface area (Å²) in [6.45, 7) is 5.58. The first-order valence-electron chi connectivity index (χ1n) is 12.9. The second-order valence-corrected chi connectivity index (χ2v) is 10.1. The molecule has 2 heterocycles. The van der Waals surface area contributed by atoms with E-state index in [0.29, 0.717) is 22.4 Å². The van der Waals surface area contributed by atoms with Gasteiger partial charge in [-0.2, -0.15) is 0 Å². The molecule has 0 radical (unpaired) electrons. The van der Waals surface area contributed by atoms with Crippen LogP contribution in [0.4, 0.5) is 17.1 Å². The number of ketones is 1. The zero-order chi connectivity index (χ0) is 26.8. The summed E-state index contributed by atoms with van der Waals surface area (Å²) in [7, 11) is 3.23. The third-order valence-electron chi connectivity index (χ3n) is 7.13. The molecule has 0 saturated carbocycles. The van der Waals surface area contributed by atoms with Gasteiger partial charge in [0, 0.05) is 31.3 Å². The molecule has 7 nitrogen and oxygen atoms in total. The van der Waals surface area contributed by atoms with E-state index in [-0.39, 0.29) is 5.78 Å². The molecular formula is C30H33ClN4O3. The smallest absolute Gasteiger partial charge is 0.198 e. The molecular weight excluding hydrogens is 500 g/mol. The minimum absolute atomic E-state index is 0.138. The number of ether oxygens (including phenoxy) is 2. The van der Waals surface area contributed by atoms with Crippen molar-refractivity contribution in [1.29, 1.82) is 0 Å². The standard InChI is InChI=1S/C30H33ClN4O3/c1-20-8-11-23(12-9-20)35-30(22-10-15-27(37-3)28(18-22)38-4)34(29(32-35)21(2)36)24-13-14-26(25(31)19-24)33-16-6-5-7-17-33/h8-15,18-19,30H,5-7,16-17H2,1-4H3/t30-/m0/s1. The predicted octanol–water partition coefficient (Wildman–Crippen LogP) is 6.58. The van der Waals surface area contributed by atoms with E-state index < -0.39 is 6.17 Å². The summed E-state index contributed by atoms with van der Waals surface area (Å²) < 4.78 is 11.1. The van der Waals surface area contributed by atoms with E-state index in [4.69, 9.17) is 26.2 Å². The van der Waals surface area contributed by atoms with Crippen LogP contribution in [0.2, 0.25) is 5.02 Å². The van der Waals surface area contributed by atoms with Gasteiger partial charge in [-0.3, -0.25) is 9.69 Å². The molecule has 2 aliphatic heterocycles. The number of nitrogens with zero attached hydrogens (tertiary/aromatic N) is 4. The highest BCUT2D eigenvalue weighted by Crippen LogP contribution is 2.43. The van der Waals surface area contributed by atoms with Crippen molar-refractivity contribution in [3.05, 3.63) is 76.8 Å². The lowest BCUT2D eigenvalue weighted by Crippen LogP contribution is -2.38. The van der Waals surface area contributed by atoms with Gasteiger partial charge in [0.1, 0.15) is 0 Å². The molecule has 3 aromatic rings. The number of halogens is 1. The Hall–Kier alpha value is -3.71. The highest BCUT2D eigenvalue weighted by molar-refractivity contribution is 6.44. The van der Waals surface area contributed by atoms with Gasteiger partial charge in [-0.25, -0.2) is 5.01 Å². The van der Waals surface area contributed by atoms with E-state index in [1.807, 2.05) is 71.4 Å². The Morgan fingerprint density at radius 2 is 1.58 bits per heavy atom. The van der Waals surface area contributed by atoms with E-state index in [1.165, 1.54) is 6.42 Å². The van der Waals surface area contributed by atoms with Gasteiger partial charge in [0.15, 0.2) is 29.3 Å². The van der Waals surface area contributed by atoms with Crippen LogP contribution in [0.3, 0.4) is 0 Å². The Kier molecular flexibility index (Phi) is 7.47. The van der Waals surface area contributed by atoms with Gasteiger partial charge in [0.05, 0.1) is 30.6 Å². The summed E-state index contributed by atoms with van der Waals surface area (Å²) in [4.78, 5) is 17.3. The molecule has 0 N–H and O–H groups in total. The third kappa shape index (κ3) is 4.90. The minimum atomic E-state index is -0.451. The Labute approximate surface area is 229 Å². The van der Waals surface area contributed by atoms with Crippen LogP contribution in [-0.2, 0) is 4.79 Å². The largest absolute Gasteiger partial charge is 0.493 e. The fourth-order valence-electron chi connectivity index (χ4n) is 5.17. The normalized spacial score (nSPS) is 17.4. The molecule has 1 saturated heterocycles. The second-order valence-electron chi connectivity index (χ2n) is 9.70. The molecule has 3 aromatic carbocycles. The van der Waals surface area contributed by atoms with Crippen LogP contribution in [0.5, 0.6) is 11.5 Å². The van der Waals surface area contributed by atoms with Crippen LogP contribution in [0.1, 0.15) is 43.5 Å². The van der Waals surface area contributed by atoms with E-state index >= 15 is 0 Å². The van der Waals surface area contributed by atoms with Crippen molar-refractivity contribution < 1.29 is 14.3 Å². The molecule has 1 fully saturated rings. The molecule has 0 unspecified atom stereocenters. The van der Waals surface area contributed by atoms with Gasteiger partial charge in [0.25, 0.3) is 0 Å². The van der Waals surface area contributed by atoms with Crippen LogP contribution in [0.25, 0.3) is 0 Å². The number of carbonyl (C=O) groups is 1. The average Bonchev–Trinajstić information content (AvgIpc) is 3.34. The van der Waals surface area contributed by atoms with Gasteiger partial charge >= 0.3 is 0 Å². The van der Waals surface area contributed by atoms with Crippen molar-refractivity contribution in [2.75, 3.05) is 42.1 Å². The number of methoxy groups -OCH3 is 2. The second kappa shape index (κ2) is 11.0. The van der Waals surface area contributed by atoms with Crippen molar-refractivity contribution in [2.24, 2.45) is 5.10 Å². The van der Waals surface area contributed by atoms with Gasteiger partial charge in [-0.05, 0) is 68.7 Å². The van der Waals surface area contributed by atoms with E-state index in [1.54, 1.807) is 21.1 Å². The Morgan fingerprint density at radius 3 is 2.21 bits per heavy atom. The first-order chi connectivity index (χ1) is 18.4. The van der Waals surface area contributed by atoms with Crippen LogP contribution in [-0.4, -0.2) is 38.9 Å². The molecule has 0 aliphatic carbocycles. The van der Waals surface area contributed by atoms with E-state index in [9.17, 15) is 4.79 Å². The summed E-state index contributed by atoms with van der Waals surface area (Å²) in [5, 5.41) is 7.38. The summed E-state index contributed by atoms with van der Waals surface area (Å²) >= 11 is 6.88. The van der Waals surface area contributed by atoms with Crippen molar-refractivity contribution in [1.82, 2.24) is 0 Å². The fraction of sp³-hybridized carbons (Fsp3) is 0.333. The molecule has 198 valence electrons. The van der Waals surface area contributed by atoms with Gasteiger partial charge in [-0.1, -0.05) is 35.4 Å². The number of hydrogen-bond acceptors (Lipinski definition) is 7. The lowest BCUT2D eigenvalue weighted by Gasteiger charge is -2.33. The molecule has 0 aromatic heterocycles. The SMILES string of the molecule is COc1ccc([C@@H]2N(c3ccc(C)cc3)N=C(C(C)=O)N2c2ccc(N3CCCCC3)c(Cl)c2)cc1OC. The molecule has 8 heteroatoms. The molecule has 0 bridgehead atoms. The highest BCUT2D eigenvalue weighted by Gasteiger charge is 2.40. The first kappa shape index (κ1) is 25.9. The molecule has 0 spiro atoms. The molecule has 38 heavy (non-hydrogen) atoms. The zero-order valence-corrected chi connectivity index (χ0v) is 23.0. The number of piperidine rings is 1. The third-order valence-corrected chi connectivity index (χ3v) is 7.43. The number of rotatable bonds is 7. The molecule has 1 atom stereocenters. The fourth-order valence-corrected chi connectivity index (χ4v) is 5.47. The average molecular weight is 533 g/mol. The zero-order valence-electron chi connectivity index (χ0n) is 22.3. The van der Waals surface area contributed by atoms with E-state index in [2.05, 4.69) is 11.0 Å². The highest BCUT2D eigenvalue weighted by atomic mass is 35.5. The number of anilines is 3. The van der Waals surface area contributed by atoms with Crippen LogP contribution < -0.4 is 24.3 Å². The topological polar surface area (TPSA) is 57.6 Å². The number of carbonyl (C=O) groups excluding carboxylic acids is 1. The van der Waals surface area contributed by atoms with Crippen LogP contribution in [0, 0.1) is 6.92 Å². The summed E-state index contributed by atoms with van der Waals surface area (Å²) in [5.41, 5.74) is 4.71. The number of Topliss-reactive ketones (excluding diaryl/α,β-unsaturated/α-hetero) is 1. The lowest BCUT2D eigenvalue weighted by atomic mass is 10.1.